The van der Waals surface area contributed by atoms with E-state index in [-0.39, 0.29) is 23.3 Å². The van der Waals surface area contributed by atoms with Crippen molar-refractivity contribution in [2.75, 3.05) is 11.5 Å². The smallest absolute Gasteiger partial charge is 0.168 e. The summed E-state index contributed by atoms with van der Waals surface area (Å²) < 4.78 is 56.4. The quantitative estimate of drug-likeness (QED) is 0.1000. The summed E-state index contributed by atoms with van der Waals surface area (Å²) in [5.74, 6) is 0.0434. The van der Waals surface area contributed by atoms with Crippen molar-refractivity contribution in [2.45, 2.75) is 10.3 Å². The molecule has 4 aromatic carbocycles. The van der Waals surface area contributed by atoms with Gasteiger partial charge in [0.15, 0.2) is 10.3 Å². The number of imidazole rings is 2. The van der Waals surface area contributed by atoms with Gasteiger partial charge in [-0.15, -0.1) is 0 Å². The monoisotopic (exact) mass is 616 g/mol. The Kier molecular flexibility index (Phi) is 8.40. The molecule has 0 atom stereocenters. The molecule has 2 heterocycles. The normalized spacial score (nSPS) is 11.3. The minimum Gasteiger partial charge on any atom is -0.332 e. The lowest BCUT2D eigenvalue weighted by atomic mass is 10.0. The van der Waals surface area contributed by atoms with E-state index in [9.17, 15) is 17.6 Å². The zero-order valence-corrected chi connectivity index (χ0v) is 24.5. The standard InChI is InChI=1S/C33H24F4N4S2/c1-41-31(23-8-16-27(37)17-9-23)30(22-6-14-26(36)15-7-22)40-33(41)43-19-18-42-32-38-28(20-2-10-24(34)11-3-20)29(39-32)21-4-12-25(35)13-5-21/h2-17H,18-19H2,1H3,(H,38,39). The molecule has 1 N–H and O–H groups in total. The first-order chi connectivity index (χ1) is 20.9. The zero-order valence-electron chi connectivity index (χ0n) is 22.8. The average Bonchev–Trinajstić information content (AvgIpc) is 3.58. The molecule has 0 unspecified atom stereocenters. The topological polar surface area (TPSA) is 46.5 Å². The van der Waals surface area contributed by atoms with Crippen LogP contribution in [0.1, 0.15) is 0 Å². The van der Waals surface area contributed by atoms with Gasteiger partial charge in [-0.05, 0) is 97.1 Å². The summed E-state index contributed by atoms with van der Waals surface area (Å²) in [7, 11) is 1.91. The number of thioether (sulfide) groups is 2. The Morgan fingerprint density at radius 1 is 0.558 bits per heavy atom. The Labute approximate surface area is 254 Å². The SMILES string of the molecule is Cn1c(SCCSc2nc(-c3ccc(F)cc3)c(-c3ccc(F)cc3)[nH]2)nc(-c2ccc(F)cc2)c1-c1ccc(F)cc1. The lowest BCUT2D eigenvalue weighted by Crippen LogP contribution is -1.96. The fourth-order valence-corrected chi connectivity index (χ4v) is 6.50. The first-order valence-corrected chi connectivity index (χ1v) is 15.3. The summed E-state index contributed by atoms with van der Waals surface area (Å²) in [4.78, 5) is 13.0. The van der Waals surface area contributed by atoms with E-state index < -0.39 is 0 Å². The second-order valence-corrected chi connectivity index (χ2v) is 11.8. The van der Waals surface area contributed by atoms with E-state index in [1.807, 2.05) is 11.6 Å². The molecule has 0 fully saturated rings. The molecule has 0 aliphatic heterocycles. The summed E-state index contributed by atoms with van der Waals surface area (Å²) in [6.45, 7) is 0. The van der Waals surface area contributed by atoms with Crippen molar-refractivity contribution in [3.63, 3.8) is 0 Å². The van der Waals surface area contributed by atoms with E-state index in [2.05, 4.69) is 4.98 Å². The van der Waals surface area contributed by atoms with Crippen LogP contribution in [0.5, 0.6) is 0 Å². The third-order valence-electron chi connectivity index (χ3n) is 6.78. The largest absolute Gasteiger partial charge is 0.332 e. The Morgan fingerprint density at radius 2 is 1.00 bits per heavy atom. The molecule has 6 rings (SSSR count). The minimum absolute atomic E-state index is 0.330. The van der Waals surface area contributed by atoms with Crippen LogP contribution < -0.4 is 0 Å². The van der Waals surface area contributed by atoms with Crippen molar-refractivity contribution in [2.24, 2.45) is 7.05 Å². The van der Waals surface area contributed by atoms with Crippen molar-refractivity contribution < 1.29 is 17.6 Å². The molecule has 0 spiro atoms. The van der Waals surface area contributed by atoms with E-state index >= 15 is 0 Å². The zero-order chi connectivity index (χ0) is 29.9. The van der Waals surface area contributed by atoms with Crippen molar-refractivity contribution in [3.05, 3.63) is 120 Å². The Balaban J connectivity index is 1.22. The Hall–Kier alpha value is -4.28. The van der Waals surface area contributed by atoms with Gasteiger partial charge in [-0.2, -0.15) is 0 Å². The number of aromatic nitrogens is 4. The molecule has 0 radical (unpaired) electrons. The van der Waals surface area contributed by atoms with Gasteiger partial charge in [0.1, 0.15) is 23.3 Å². The van der Waals surface area contributed by atoms with Crippen LogP contribution in [0.25, 0.3) is 45.0 Å². The molecule has 216 valence electrons. The first kappa shape index (κ1) is 28.8. The number of hydrogen-bond acceptors (Lipinski definition) is 4. The Bertz CT molecular complexity index is 1790. The van der Waals surface area contributed by atoms with Crippen LogP contribution in [-0.2, 0) is 7.05 Å². The number of benzene rings is 4. The number of rotatable bonds is 9. The lowest BCUT2D eigenvalue weighted by Gasteiger charge is -2.08. The maximum absolute atomic E-state index is 13.7. The first-order valence-electron chi connectivity index (χ1n) is 13.3. The summed E-state index contributed by atoms with van der Waals surface area (Å²) >= 11 is 3.09. The number of halogens is 4. The van der Waals surface area contributed by atoms with Gasteiger partial charge in [-0.25, -0.2) is 27.5 Å². The molecular formula is C33H24F4N4S2. The third-order valence-corrected chi connectivity index (χ3v) is 8.94. The molecule has 6 aromatic rings. The van der Waals surface area contributed by atoms with Crippen LogP contribution >= 0.6 is 23.5 Å². The van der Waals surface area contributed by atoms with E-state index in [1.165, 1.54) is 60.3 Å². The number of H-pyrrole nitrogens is 1. The van der Waals surface area contributed by atoms with Crippen LogP contribution in [0.4, 0.5) is 17.6 Å². The van der Waals surface area contributed by atoms with Gasteiger partial charge in [-0.1, -0.05) is 23.5 Å². The van der Waals surface area contributed by atoms with E-state index in [1.54, 1.807) is 60.3 Å². The molecule has 0 bridgehead atoms. The van der Waals surface area contributed by atoms with Crippen molar-refractivity contribution in [1.82, 2.24) is 19.5 Å². The molecule has 4 nitrogen and oxygen atoms in total. The molecular weight excluding hydrogens is 593 g/mol. The van der Waals surface area contributed by atoms with Gasteiger partial charge in [0, 0.05) is 40.8 Å². The molecule has 43 heavy (non-hydrogen) atoms. The number of nitrogens with zero attached hydrogens (tertiary/aromatic N) is 3. The van der Waals surface area contributed by atoms with Gasteiger partial charge in [0.05, 0.1) is 22.8 Å². The van der Waals surface area contributed by atoms with E-state index in [0.29, 0.717) is 28.0 Å². The molecule has 0 amide bonds. The average molecular weight is 617 g/mol. The van der Waals surface area contributed by atoms with E-state index in [0.717, 1.165) is 38.8 Å². The third kappa shape index (κ3) is 6.40. The Morgan fingerprint density at radius 3 is 1.53 bits per heavy atom. The highest BCUT2D eigenvalue weighted by Gasteiger charge is 2.19. The van der Waals surface area contributed by atoms with Gasteiger partial charge in [0.2, 0.25) is 0 Å². The summed E-state index contributed by atoms with van der Waals surface area (Å²) in [5.41, 5.74) is 5.93. The maximum Gasteiger partial charge on any atom is 0.168 e. The van der Waals surface area contributed by atoms with Gasteiger partial charge >= 0.3 is 0 Å². The molecule has 0 aliphatic rings. The van der Waals surface area contributed by atoms with E-state index in [4.69, 9.17) is 9.97 Å². The molecule has 0 saturated heterocycles. The molecule has 2 aromatic heterocycles. The molecule has 10 heteroatoms. The lowest BCUT2D eigenvalue weighted by molar-refractivity contribution is 0.627. The van der Waals surface area contributed by atoms with Crippen molar-refractivity contribution >= 4 is 23.5 Å². The summed E-state index contributed by atoms with van der Waals surface area (Å²) in [6.07, 6.45) is 0. The highest BCUT2D eigenvalue weighted by atomic mass is 32.2. The van der Waals surface area contributed by atoms with Crippen molar-refractivity contribution in [3.8, 4) is 45.0 Å². The second-order valence-electron chi connectivity index (χ2n) is 9.64. The predicted molar refractivity (Wildman–Crippen MR) is 165 cm³/mol. The molecule has 0 aliphatic carbocycles. The van der Waals surface area contributed by atoms with Crippen LogP contribution in [0.3, 0.4) is 0 Å². The van der Waals surface area contributed by atoms with Crippen molar-refractivity contribution in [1.29, 1.82) is 0 Å². The van der Waals surface area contributed by atoms with Gasteiger partial charge in [-0.3, -0.25) is 0 Å². The number of nitrogens with one attached hydrogen (secondary N) is 1. The van der Waals surface area contributed by atoms with Crippen LogP contribution in [0.15, 0.2) is 107 Å². The number of hydrogen-bond donors (Lipinski definition) is 1. The molecule has 0 saturated carbocycles. The second kappa shape index (κ2) is 12.5. The fourth-order valence-electron chi connectivity index (χ4n) is 4.69. The maximum atomic E-state index is 13.7. The number of aromatic amines is 1. The van der Waals surface area contributed by atoms with Crippen LogP contribution in [0.2, 0.25) is 0 Å². The summed E-state index contributed by atoms with van der Waals surface area (Å²) in [5, 5.41) is 1.44. The predicted octanol–water partition coefficient (Wildman–Crippen LogP) is 9.25. The van der Waals surface area contributed by atoms with Gasteiger partial charge in [0.25, 0.3) is 0 Å². The highest BCUT2D eigenvalue weighted by molar-refractivity contribution is 8.02. The van der Waals surface area contributed by atoms with Crippen LogP contribution in [0, 0.1) is 23.3 Å². The minimum atomic E-state index is -0.339. The summed E-state index contributed by atoms with van der Waals surface area (Å²) in [6, 6.07) is 24.6. The van der Waals surface area contributed by atoms with Crippen LogP contribution in [-0.4, -0.2) is 31.0 Å². The highest BCUT2D eigenvalue weighted by Crippen LogP contribution is 2.37. The fraction of sp³-hybridized carbons (Fsp3) is 0.0909. The van der Waals surface area contributed by atoms with Gasteiger partial charge < -0.3 is 9.55 Å².